The SMILES string of the molecule is CCN(C(C)COC)S(=O)(=O)c1ccc(F)c(N)c1F. The number of ether oxygens (including phenoxy) is 1. The van der Waals surface area contributed by atoms with Gasteiger partial charge in [-0.2, -0.15) is 4.31 Å². The van der Waals surface area contributed by atoms with Crippen molar-refractivity contribution in [2.45, 2.75) is 24.8 Å². The van der Waals surface area contributed by atoms with Crippen LogP contribution in [0.3, 0.4) is 0 Å². The van der Waals surface area contributed by atoms with Crippen LogP contribution in [0.15, 0.2) is 17.0 Å². The number of halogens is 2. The fraction of sp³-hybridized carbons (Fsp3) is 0.500. The molecule has 0 aliphatic heterocycles. The second-order valence-corrected chi connectivity index (χ2v) is 6.14. The molecule has 0 heterocycles. The van der Waals surface area contributed by atoms with Crippen LogP contribution in [0.4, 0.5) is 14.5 Å². The molecule has 0 saturated heterocycles. The molecule has 0 saturated carbocycles. The highest BCUT2D eigenvalue weighted by atomic mass is 32.2. The zero-order valence-corrected chi connectivity index (χ0v) is 12.4. The number of benzene rings is 1. The van der Waals surface area contributed by atoms with E-state index in [2.05, 4.69) is 0 Å². The molecular weight excluding hydrogens is 290 g/mol. The summed E-state index contributed by atoms with van der Waals surface area (Å²) in [7, 11) is -2.67. The third kappa shape index (κ3) is 3.08. The molecule has 1 atom stereocenters. The number of nitrogen functional groups attached to an aromatic ring is 1. The van der Waals surface area contributed by atoms with Gasteiger partial charge in [0.2, 0.25) is 10.0 Å². The van der Waals surface area contributed by atoms with E-state index in [-0.39, 0.29) is 13.2 Å². The van der Waals surface area contributed by atoms with Crippen molar-refractivity contribution < 1.29 is 21.9 Å². The summed E-state index contributed by atoms with van der Waals surface area (Å²) >= 11 is 0. The van der Waals surface area contributed by atoms with Gasteiger partial charge in [-0.3, -0.25) is 0 Å². The molecule has 20 heavy (non-hydrogen) atoms. The fourth-order valence-corrected chi connectivity index (χ4v) is 3.62. The Morgan fingerprint density at radius 2 is 2.00 bits per heavy atom. The van der Waals surface area contributed by atoms with Crippen LogP contribution < -0.4 is 5.73 Å². The van der Waals surface area contributed by atoms with Crippen LogP contribution in [-0.4, -0.2) is 39.0 Å². The van der Waals surface area contributed by atoms with E-state index >= 15 is 0 Å². The van der Waals surface area contributed by atoms with Crippen LogP contribution >= 0.6 is 0 Å². The Balaban J connectivity index is 3.32. The Morgan fingerprint density at radius 3 is 2.50 bits per heavy atom. The Kier molecular flexibility index (Phi) is 5.43. The summed E-state index contributed by atoms with van der Waals surface area (Å²) in [6.45, 7) is 3.54. The van der Waals surface area contributed by atoms with Crippen LogP contribution in [0.2, 0.25) is 0 Å². The van der Waals surface area contributed by atoms with Crippen LogP contribution in [0.5, 0.6) is 0 Å². The van der Waals surface area contributed by atoms with Gasteiger partial charge in [-0.25, -0.2) is 17.2 Å². The van der Waals surface area contributed by atoms with Crippen LogP contribution in [-0.2, 0) is 14.8 Å². The maximum atomic E-state index is 13.9. The van der Waals surface area contributed by atoms with Crippen molar-refractivity contribution in [1.82, 2.24) is 4.31 Å². The lowest BCUT2D eigenvalue weighted by molar-refractivity contribution is 0.142. The average Bonchev–Trinajstić information content (AvgIpc) is 2.36. The number of nitrogens with two attached hydrogens (primary N) is 1. The van der Waals surface area contributed by atoms with Gasteiger partial charge in [0.1, 0.15) is 16.4 Å². The van der Waals surface area contributed by atoms with Gasteiger partial charge in [0.25, 0.3) is 0 Å². The molecule has 0 fully saturated rings. The summed E-state index contributed by atoms with van der Waals surface area (Å²) in [6, 6.07) is 1.22. The lowest BCUT2D eigenvalue weighted by atomic mass is 10.3. The van der Waals surface area contributed by atoms with Crippen molar-refractivity contribution in [2.24, 2.45) is 0 Å². The zero-order chi connectivity index (χ0) is 15.5. The summed E-state index contributed by atoms with van der Waals surface area (Å²) in [5.41, 5.74) is 4.39. The maximum absolute atomic E-state index is 13.9. The summed E-state index contributed by atoms with van der Waals surface area (Å²) in [5.74, 6) is -2.26. The standard InChI is InChI=1S/C12H18F2N2O3S/c1-4-16(8(2)7-19-3)20(17,18)10-6-5-9(13)12(15)11(10)14/h5-6,8H,4,7,15H2,1-3H3. The van der Waals surface area contributed by atoms with Crippen LogP contribution in [0.25, 0.3) is 0 Å². The monoisotopic (exact) mass is 308 g/mol. The molecular formula is C12H18F2N2O3S. The quantitative estimate of drug-likeness (QED) is 0.810. The third-order valence-electron chi connectivity index (χ3n) is 2.89. The molecule has 1 rings (SSSR count). The van der Waals surface area contributed by atoms with E-state index in [0.29, 0.717) is 0 Å². The Bertz CT molecular complexity index is 578. The Hall–Kier alpha value is -1.25. The number of methoxy groups -OCH3 is 1. The minimum Gasteiger partial charge on any atom is -0.394 e. The fourth-order valence-electron chi connectivity index (χ4n) is 1.92. The number of sulfonamides is 1. The molecule has 1 aromatic rings. The third-order valence-corrected chi connectivity index (χ3v) is 5.00. The molecule has 1 unspecified atom stereocenters. The highest BCUT2D eigenvalue weighted by Crippen LogP contribution is 2.26. The van der Waals surface area contributed by atoms with E-state index in [1.54, 1.807) is 13.8 Å². The summed E-state index contributed by atoms with van der Waals surface area (Å²) in [6.07, 6.45) is 0. The second kappa shape index (κ2) is 6.47. The van der Waals surface area contributed by atoms with Gasteiger partial charge >= 0.3 is 0 Å². The molecule has 5 nitrogen and oxygen atoms in total. The molecule has 0 aliphatic rings. The van der Waals surface area contributed by atoms with Crippen LogP contribution in [0, 0.1) is 11.6 Å². The number of rotatable bonds is 6. The topological polar surface area (TPSA) is 72.6 Å². The van der Waals surface area contributed by atoms with Crippen molar-refractivity contribution in [1.29, 1.82) is 0 Å². The van der Waals surface area contributed by atoms with Gasteiger partial charge in [-0.1, -0.05) is 6.92 Å². The van der Waals surface area contributed by atoms with Crippen molar-refractivity contribution in [3.8, 4) is 0 Å². The van der Waals surface area contributed by atoms with Crippen LogP contribution in [0.1, 0.15) is 13.8 Å². The predicted octanol–water partition coefficient (Wildman–Crippen LogP) is 1.59. The first-order chi connectivity index (χ1) is 9.27. The molecule has 1 aromatic carbocycles. The lowest BCUT2D eigenvalue weighted by Crippen LogP contribution is -2.41. The smallest absolute Gasteiger partial charge is 0.246 e. The van der Waals surface area contributed by atoms with Crippen molar-refractivity contribution in [3.63, 3.8) is 0 Å². The second-order valence-electron chi connectivity index (χ2n) is 4.29. The summed E-state index contributed by atoms with van der Waals surface area (Å²) in [5, 5.41) is 0. The number of anilines is 1. The van der Waals surface area contributed by atoms with Gasteiger partial charge in [0.05, 0.1) is 6.61 Å². The van der Waals surface area contributed by atoms with Crippen molar-refractivity contribution in [2.75, 3.05) is 26.0 Å². The average molecular weight is 308 g/mol. The summed E-state index contributed by atoms with van der Waals surface area (Å²) in [4.78, 5) is -0.638. The zero-order valence-electron chi connectivity index (χ0n) is 11.6. The van der Waals surface area contributed by atoms with E-state index in [0.717, 1.165) is 16.4 Å². The Morgan fingerprint density at radius 1 is 1.40 bits per heavy atom. The predicted molar refractivity (Wildman–Crippen MR) is 71.7 cm³/mol. The van der Waals surface area contributed by atoms with Gasteiger partial charge in [-0.15, -0.1) is 0 Å². The Labute approximate surface area is 117 Å². The van der Waals surface area contributed by atoms with Crippen molar-refractivity contribution >= 4 is 15.7 Å². The molecule has 8 heteroatoms. The van der Waals surface area contributed by atoms with E-state index in [1.165, 1.54) is 7.11 Å². The summed E-state index contributed by atoms with van der Waals surface area (Å²) < 4.78 is 57.8. The molecule has 0 bridgehead atoms. The molecule has 0 aromatic heterocycles. The number of nitrogens with zero attached hydrogens (tertiary/aromatic N) is 1. The van der Waals surface area contributed by atoms with Gasteiger partial charge < -0.3 is 10.5 Å². The molecule has 2 N–H and O–H groups in total. The molecule has 0 radical (unpaired) electrons. The minimum atomic E-state index is -4.11. The van der Waals surface area contributed by atoms with Gasteiger partial charge in [0.15, 0.2) is 5.82 Å². The largest absolute Gasteiger partial charge is 0.394 e. The lowest BCUT2D eigenvalue weighted by Gasteiger charge is -2.26. The molecule has 114 valence electrons. The first-order valence-corrected chi connectivity index (χ1v) is 7.45. The first kappa shape index (κ1) is 16.8. The van der Waals surface area contributed by atoms with E-state index in [9.17, 15) is 17.2 Å². The number of hydrogen-bond acceptors (Lipinski definition) is 4. The van der Waals surface area contributed by atoms with E-state index < -0.39 is 38.3 Å². The maximum Gasteiger partial charge on any atom is 0.246 e. The van der Waals surface area contributed by atoms with Crippen molar-refractivity contribution in [3.05, 3.63) is 23.8 Å². The molecule has 0 amide bonds. The normalized spacial score (nSPS) is 13.7. The van der Waals surface area contributed by atoms with Gasteiger partial charge in [-0.05, 0) is 19.1 Å². The molecule has 0 spiro atoms. The first-order valence-electron chi connectivity index (χ1n) is 6.01. The number of likely N-dealkylation sites (N-methyl/N-ethyl adjacent to an activating group) is 1. The highest BCUT2D eigenvalue weighted by molar-refractivity contribution is 7.89. The highest BCUT2D eigenvalue weighted by Gasteiger charge is 2.31. The van der Waals surface area contributed by atoms with Gasteiger partial charge in [0, 0.05) is 19.7 Å². The minimum absolute atomic E-state index is 0.129. The van der Waals surface area contributed by atoms with E-state index in [4.69, 9.17) is 10.5 Å². The molecule has 0 aliphatic carbocycles. The van der Waals surface area contributed by atoms with E-state index in [1.807, 2.05) is 0 Å². The number of hydrogen-bond donors (Lipinski definition) is 1.